The van der Waals surface area contributed by atoms with Gasteiger partial charge in [-0.1, -0.05) is 6.07 Å². The molecule has 0 unspecified atom stereocenters. The zero-order chi connectivity index (χ0) is 11.6. The quantitative estimate of drug-likeness (QED) is 0.611. The minimum absolute atomic E-state index is 0.648. The minimum atomic E-state index is -4.75. The Kier molecular flexibility index (Phi) is 2.80. The van der Waals surface area contributed by atoms with Gasteiger partial charge in [-0.25, -0.2) is 0 Å². The Balaban J connectivity index is 3.42. The summed E-state index contributed by atoms with van der Waals surface area (Å²) in [7, 11) is 0. The number of alkyl halides is 3. The van der Waals surface area contributed by atoms with Gasteiger partial charge in [-0.2, -0.15) is 19.1 Å². The Hall–Kier alpha value is -1.83. The van der Waals surface area contributed by atoms with E-state index >= 15 is 0 Å². The number of nitrogens with two attached hydrogens (primary N) is 1. The van der Waals surface area contributed by atoms with Crippen LogP contribution in [0.5, 0.6) is 5.75 Å². The highest BCUT2D eigenvalue weighted by atomic mass is 19.4. The molecule has 0 spiro atoms. The molecule has 0 saturated carbocycles. The van der Waals surface area contributed by atoms with Crippen LogP contribution < -0.4 is 10.7 Å². The fourth-order valence-corrected chi connectivity index (χ4v) is 1.02. The predicted molar refractivity (Wildman–Crippen MR) is 42.9 cm³/mol. The normalized spacial score (nSPS) is 11.2. The molecule has 82 valence electrons. The van der Waals surface area contributed by atoms with Gasteiger partial charge < -0.3 is 4.84 Å². The van der Waals surface area contributed by atoms with E-state index in [1.807, 2.05) is 0 Å². The predicted octanol–water partition coefficient (Wildman–Crippen LogP) is 1.87. The van der Waals surface area contributed by atoms with Crippen molar-refractivity contribution in [3.63, 3.8) is 0 Å². The van der Waals surface area contributed by atoms with Crippen LogP contribution in [0, 0.1) is 10.1 Å². The lowest BCUT2D eigenvalue weighted by molar-refractivity contribution is -0.386. The van der Waals surface area contributed by atoms with Crippen molar-refractivity contribution in [1.82, 2.24) is 0 Å². The van der Waals surface area contributed by atoms with Crippen molar-refractivity contribution in [3.8, 4) is 5.75 Å². The Bertz CT molecular complexity index is 392. The van der Waals surface area contributed by atoms with Crippen LogP contribution in [0.4, 0.5) is 18.9 Å². The molecule has 0 aromatic heterocycles. The van der Waals surface area contributed by atoms with Crippen LogP contribution in [0.25, 0.3) is 0 Å². The second-order valence-electron chi connectivity index (χ2n) is 2.53. The van der Waals surface area contributed by atoms with Crippen LogP contribution in [0.3, 0.4) is 0 Å². The summed E-state index contributed by atoms with van der Waals surface area (Å²) in [5, 5.41) is 10.4. The minimum Gasteiger partial charge on any atom is -0.404 e. The van der Waals surface area contributed by atoms with E-state index < -0.39 is 28.1 Å². The molecule has 0 radical (unpaired) electrons. The highest BCUT2D eigenvalue weighted by Crippen LogP contribution is 2.40. The molecule has 0 aliphatic heterocycles. The van der Waals surface area contributed by atoms with Crippen molar-refractivity contribution >= 4 is 5.69 Å². The Labute approximate surface area is 81.4 Å². The van der Waals surface area contributed by atoms with E-state index in [-0.39, 0.29) is 0 Å². The van der Waals surface area contributed by atoms with Crippen molar-refractivity contribution in [1.29, 1.82) is 0 Å². The van der Waals surface area contributed by atoms with Crippen molar-refractivity contribution in [3.05, 3.63) is 33.9 Å². The van der Waals surface area contributed by atoms with Gasteiger partial charge in [0.2, 0.25) is 5.75 Å². The molecule has 8 heteroatoms. The number of para-hydroxylation sites is 1. The number of benzene rings is 1. The molecular weight excluding hydrogens is 217 g/mol. The summed E-state index contributed by atoms with van der Waals surface area (Å²) in [6.07, 6.45) is -4.75. The first-order valence-corrected chi connectivity index (χ1v) is 3.59. The second-order valence-corrected chi connectivity index (χ2v) is 2.53. The largest absolute Gasteiger partial charge is 0.420 e. The van der Waals surface area contributed by atoms with Crippen LogP contribution in [-0.4, -0.2) is 4.92 Å². The first-order valence-electron chi connectivity index (χ1n) is 3.59. The first-order chi connectivity index (χ1) is 6.88. The summed E-state index contributed by atoms with van der Waals surface area (Å²) >= 11 is 0. The van der Waals surface area contributed by atoms with Gasteiger partial charge in [-0.3, -0.25) is 10.1 Å². The van der Waals surface area contributed by atoms with Gasteiger partial charge in [0.15, 0.2) is 0 Å². The number of hydrogen-bond donors (Lipinski definition) is 1. The molecule has 1 rings (SSSR count). The molecule has 2 N–H and O–H groups in total. The number of nitrogens with zero attached hydrogens (tertiary/aromatic N) is 1. The maximum atomic E-state index is 12.3. The van der Waals surface area contributed by atoms with Crippen molar-refractivity contribution in [2.24, 2.45) is 5.90 Å². The lowest BCUT2D eigenvalue weighted by Gasteiger charge is -2.10. The summed E-state index contributed by atoms with van der Waals surface area (Å²) in [4.78, 5) is 13.3. The first kappa shape index (κ1) is 11.2. The number of halogens is 3. The van der Waals surface area contributed by atoms with Gasteiger partial charge in [0.25, 0.3) is 0 Å². The van der Waals surface area contributed by atoms with Gasteiger partial charge in [0.1, 0.15) is 5.56 Å². The monoisotopic (exact) mass is 222 g/mol. The van der Waals surface area contributed by atoms with Crippen LogP contribution in [0.1, 0.15) is 5.56 Å². The molecule has 5 nitrogen and oxygen atoms in total. The Morgan fingerprint density at radius 3 is 2.40 bits per heavy atom. The fourth-order valence-electron chi connectivity index (χ4n) is 1.02. The zero-order valence-electron chi connectivity index (χ0n) is 7.12. The van der Waals surface area contributed by atoms with E-state index in [0.717, 1.165) is 12.1 Å². The van der Waals surface area contributed by atoms with E-state index in [9.17, 15) is 23.3 Å². The van der Waals surface area contributed by atoms with E-state index in [2.05, 4.69) is 10.7 Å². The van der Waals surface area contributed by atoms with Crippen LogP contribution in [0.2, 0.25) is 0 Å². The third kappa shape index (κ3) is 2.15. The molecule has 0 aliphatic rings. The van der Waals surface area contributed by atoms with Crippen LogP contribution >= 0.6 is 0 Å². The second kappa shape index (κ2) is 3.73. The smallest absolute Gasteiger partial charge is 0.404 e. The summed E-state index contributed by atoms with van der Waals surface area (Å²) in [6.45, 7) is 0. The maximum absolute atomic E-state index is 12.3. The van der Waals surface area contributed by atoms with Gasteiger partial charge in [-0.05, 0) is 6.07 Å². The fraction of sp³-hybridized carbons (Fsp3) is 0.143. The molecule has 0 aliphatic carbocycles. The van der Waals surface area contributed by atoms with E-state index in [1.165, 1.54) is 0 Å². The Morgan fingerprint density at radius 2 is 2.00 bits per heavy atom. The average molecular weight is 222 g/mol. The SMILES string of the molecule is NOc1c([N+](=O)[O-])cccc1C(F)(F)F. The van der Waals surface area contributed by atoms with Gasteiger partial charge in [0, 0.05) is 6.07 Å². The Morgan fingerprint density at radius 1 is 1.40 bits per heavy atom. The standard InChI is InChI=1S/C7H5F3N2O3/c8-7(9,10)4-2-1-3-5(12(13)14)6(4)15-11/h1-3H,11H2. The number of nitro groups is 1. The van der Waals surface area contributed by atoms with Crippen molar-refractivity contribution in [2.75, 3.05) is 0 Å². The summed E-state index contributed by atoms with van der Waals surface area (Å²) in [5.74, 6) is 3.59. The van der Waals surface area contributed by atoms with Crippen molar-refractivity contribution in [2.45, 2.75) is 6.18 Å². The molecule has 1 aromatic rings. The molecule has 0 atom stereocenters. The van der Waals surface area contributed by atoms with Gasteiger partial charge in [0.05, 0.1) is 4.92 Å². The zero-order valence-corrected chi connectivity index (χ0v) is 7.12. The molecule has 1 aromatic carbocycles. The summed E-state index contributed by atoms with van der Waals surface area (Å²) < 4.78 is 37.0. The van der Waals surface area contributed by atoms with Gasteiger partial charge >= 0.3 is 11.9 Å². The average Bonchev–Trinajstić information content (AvgIpc) is 2.15. The molecule has 0 bridgehead atoms. The topological polar surface area (TPSA) is 78.4 Å². The third-order valence-corrected chi connectivity index (χ3v) is 1.61. The number of nitro benzene ring substituents is 1. The van der Waals surface area contributed by atoms with Crippen LogP contribution in [0.15, 0.2) is 18.2 Å². The van der Waals surface area contributed by atoms with E-state index in [0.29, 0.717) is 6.07 Å². The van der Waals surface area contributed by atoms with E-state index in [4.69, 9.17) is 0 Å². The number of hydrogen-bond acceptors (Lipinski definition) is 4. The number of rotatable bonds is 2. The molecular formula is C7H5F3N2O3. The molecule has 0 saturated heterocycles. The molecule has 0 heterocycles. The van der Waals surface area contributed by atoms with Gasteiger partial charge in [-0.15, -0.1) is 0 Å². The summed E-state index contributed by atoms with van der Waals surface area (Å²) in [5.41, 5.74) is -2.11. The molecule has 15 heavy (non-hydrogen) atoms. The van der Waals surface area contributed by atoms with Crippen LogP contribution in [-0.2, 0) is 6.18 Å². The lowest BCUT2D eigenvalue weighted by Crippen LogP contribution is -2.13. The van der Waals surface area contributed by atoms with E-state index in [1.54, 1.807) is 0 Å². The summed E-state index contributed by atoms with van der Waals surface area (Å²) in [6, 6.07) is 2.43. The highest BCUT2D eigenvalue weighted by Gasteiger charge is 2.37. The molecule has 0 fully saturated rings. The van der Waals surface area contributed by atoms with Crippen molar-refractivity contribution < 1.29 is 22.9 Å². The lowest BCUT2D eigenvalue weighted by atomic mass is 10.1. The highest BCUT2D eigenvalue weighted by molar-refractivity contribution is 5.52. The molecule has 0 amide bonds. The maximum Gasteiger partial charge on any atom is 0.420 e. The third-order valence-electron chi connectivity index (χ3n) is 1.61.